The molecular formula is C15H13BrFN5O. The lowest BCUT2D eigenvalue weighted by Crippen LogP contribution is -2.16. The fourth-order valence-electron chi connectivity index (χ4n) is 2.21. The summed E-state index contributed by atoms with van der Waals surface area (Å²) in [4.78, 5) is 20.5. The predicted octanol–water partition coefficient (Wildman–Crippen LogP) is 2.82. The summed E-state index contributed by atoms with van der Waals surface area (Å²) in [5.41, 5.74) is 1.83. The van der Waals surface area contributed by atoms with Crippen LogP contribution in [0.4, 0.5) is 10.1 Å². The molecule has 8 heteroatoms. The van der Waals surface area contributed by atoms with Crippen molar-refractivity contribution in [3.05, 3.63) is 51.8 Å². The normalized spacial score (nSPS) is 11.0. The van der Waals surface area contributed by atoms with E-state index in [9.17, 15) is 9.18 Å². The van der Waals surface area contributed by atoms with Gasteiger partial charge in [-0.05, 0) is 38.1 Å². The van der Waals surface area contributed by atoms with Gasteiger partial charge >= 0.3 is 0 Å². The van der Waals surface area contributed by atoms with Crippen molar-refractivity contribution in [2.24, 2.45) is 0 Å². The van der Waals surface area contributed by atoms with Crippen molar-refractivity contribution >= 4 is 33.3 Å². The third-order valence-electron chi connectivity index (χ3n) is 3.19. The van der Waals surface area contributed by atoms with Crippen LogP contribution < -0.4 is 5.32 Å². The quantitative estimate of drug-likeness (QED) is 0.761. The summed E-state index contributed by atoms with van der Waals surface area (Å²) >= 11 is 3.17. The molecule has 3 rings (SSSR count). The zero-order chi connectivity index (χ0) is 16.6. The summed E-state index contributed by atoms with van der Waals surface area (Å²) in [6, 6.07) is 6.30. The van der Waals surface area contributed by atoms with Gasteiger partial charge in [0.1, 0.15) is 5.82 Å². The Morgan fingerprint density at radius 2 is 2.09 bits per heavy atom. The van der Waals surface area contributed by atoms with Crippen molar-refractivity contribution in [2.45, 2.75) is 20.3 Å². The van der Waals surface area contributed by atoms with Gasteiger partial charge in [-0.3, -0.25) is 4.79 Å². The fourth-order valence-corrected chi connectivity index (χ4v) is 2.54. The molecule has 0 fully saturated rings. The van der Waals surface area contributed by atoms with Crippen molar-refractivity contribution in [3.63, 3.8) is 0 Å². The number of amides is 1. The lowest BCUT2D eigenvalue weighted by atomic mass is 10.3. The van der Waals surface area contributed by atoms with Gasteiger partial charge in [-0.25, -0.2) is 13.9 Å². The lowest BCUT2D eigenvalue weighted by Gasteiger charge is -2.05. The van der Waals surface area contributed by atoms with E-state index in [-0.39, 0.29) is 12.1 Å². The van der Waals surface area contributed by atoms with E-state index in [1.54, 1.807) is 10.6 Å². The Hall–Kier alpha value is -2.35. The second-order valence-electron chi connectivity index (χ2n) is 5.13. The summed E-state index contributed by atoms with van der Waals surface area (Å²) in [6.45, 7) is 3.75. The number of carbonyl (C=O) groups is 1. The summed E-state index contributed by atoms with van der Waals surface area (Å²) in [5, 5.41) is 6.76. The van der Waals surface area contributed by atoms with E-state index in [1.165, 1.54) is 12.1 Å². The highest BCUT2D eigenvalue weighted by Gasteiger charge is 2.13. The number of hydrogen-bond acceptors (Lipinski definition) is 4. The molecule has 118 valence electrons. The number of anilines is 1. The van der Waals surface area contributed by atoms with Crippen LogP contribution in [0.25, 0.3) is 5.78 Å². The summed E-state index contributed by atoms with van der Waals surface area (Å²) < 4.78 is 15.9. The van der Waals surface area contributed by atoms with Crippen LogP contribution in [0.3, 0.4) is 0 Å². The van der Waals surface area contributed by atoms with E-state index >= 15 is 0 Å². The number of aromatic nitrogens is 4. The minimum Gasteiger partial charge on any atom is -0.323 e. The van der Waals surface area contributed by atoms with E-state index in [0.29, 0.717) is 16.1 Å². The molecule has 0 bridgehead atoms. The van der Waals surface area contributed by atoms with Gasteiger partial charge in [-0.2, -0.15) is 4.98 Å². The van der Waals surface area contributed by atoms with Crippen molar-refractivity contribution in [1.82, 2.24) is 19.6 Å². The minimum absolute atomic E-state index is 0.0582. The summed E-state index contributed by atoms with van der Waals surface area (Å²) in [7, 11) is 0. The predicted molar refractivity (Wildman–Crippen MR) is 86.7 cm³/mol. The molecule has 6 nitrogen and oxygen atoms in total. The molecule has 0 radical (unpaired) electrons. The van der Waals surface area contributed by atoms with Crippen LogP contribution in [0.5, 0.6) is 0 Å². The van der Waals surface area contributed by atoms with Crippen LogP contribution in [0.2, 0.25) is 0 Å². The number of carbonyl (C=O) groups excluding carboxylic acids is 1. The number of halogens is 2. The van der Waals surface area contributed by atoms with Gasteiger partial charge in [0.2, 0.25) is 5.91 Å². The number of rotatable bonds is 3. The molecule has 3 aromatic rings. The molecule has 0 aliphatic carbocycles. The molecule has 0 saturated heterocycles. The first kappa shape index (κ1) is 15.5. The Labute approximate surface area is 139 Å². The standard InChI is InChI=1S/C15H13BrFN5O/c1-8-5-9(2)22-15(18-8)20-13(21-22)7-14(23)19-12-4-3-10(16)6-11(12)17/h3-6H,7H2,1-2H3,(H,19,23). The molecular weight excluding hydrogens is 365 g/mol. The van der Waals surface area contributed by atoms with E-state index in [4.69, 9.17) is 0 Å². The van der Waals surface area contributed by atoms with E-state index < -0.39 is 11.7 Å². The summed E-state index contributed by atoms with van der Waals surface area (Å²) in [6.07, 6.45) is -0.0582. The molecule has 0 atom stereocenters. The monoisotopic (exact) mass is 377 g/mol. The molecule has 0 aliphatic rings. The Balaban J connectivity index is 1.79. The molecule has 23 heavy (non-hydrogen) atoms. The molecule has 1 aromatic carbocycles. The highest BCUT2D eigenvalue weighted by molar-refractivity contribution is 9.10. The lowest BCUT2D eigenvalue weighted by molar-refractivity contribution is -0.115. The number of nitrogens with zero attached hydrogens (tertiary/aromatic N) is 4. The van der Waals surface area contributed by atoms with Gasteiger partial charge in [-0.1, -0.05) is 15.9 Å². The average molecular weight is 378 g/mol. The van der Waals surface area contributed by atoms with E-state index in [1.807, 2.05) is 19.9 Å². The first-order valence-electron chi connectivity index (χ1n) is 6.87. The maximum atomic E-state index is 13.7. The van der Waals surface area contributed by atoms with Crippen molar-refractivity contribution in [2.75, 3.05) is 5.32 Å². The third-order valence-corrected chi connectivity index (χ3v) is 3.68. The molecule has 1 N–H and O–H groups in total. The Kier molecular flexibility index (Phi) is 4.08. The SMILES string of the molecule is Cc1cc(C)n2nc(CC(=O)Nc3ccc(Br)cc3F)nc2n1. The van der Waals surface area contributed by atoms with Gasteiger partial charge in [0.05, 0.1) is 12.1 Å². The van der Waals surface area contributed by atoms with E-state index in [2.05, 4.69) is 36.3 Å². The van der Waals surface area contributed by atoms with Crippen LogP contribution in [0.1, 0.15) is 17.2 Å². The zero-order valence-electron chi connectivity index (χ0n) is 12.5. The maximum absolute atomic E-state index is 13.7. The summed E-state index contributed by atoms with van der Waals surface area (Å²) in [5.74, 6) is -0.123. The van der Waals surface area contributed by atoms with Crippen LogP contribution in [0, 0.1) is 19.7 Å². The van der Waals surface area contributed by atoms with Gasteiger partial charge in [-0.15, -0.1) is 5.10 Å². The maximum Gasteiger partial charge on any atom is 0.252 e. The minimum atomic E-state index is -0.510. The van der Waals surface area contributed by atoms with Gasteiger partial charge in [0.25, 0.3) is 5.78 Å². The topological polar surface area (TPSA) is 72.2 Å². The second-order valence-corrected chi connectivity index (χ2v) is 6.04. The van der Waals surface area contributed by atoms with Crippen molar-refractivity contribution in [1.29, 1.82) is 0 Å². The molecule has 1 amide bonds. The molecule has 0 unspecified atom stereocenters. The van der Waals surface area contributed by atoms with Crippen LogP contribution >= 0.6 is 15.9 Å². The smallest absolute Gasteiger partial charge is 0.252 e. The number of nitrogens with one attached hydrogen (secondary N) is 1. The van der Waals surface area contributed by atoms with E-state index in [0.717, 1.165) is 11.4 Å². The molecule has 0 saturated carbocycles. The van der Waals surface area contributed by atoms with Crippen molar-refractivity contribution < 1.29 is 9.18 Å². The van der Waals surface area contributed by atoms with Gasteiger partial charge in [0.15, 0.2) is 5.82 Å². The highest BCUT2D eigenvalue weighted by atomic mass is 79.9. The Morgan fingerprint density at radius 3 is 2.83 bits per heavy atom. The van der Waals surface area contributed by atoms with Crippen LogP contribution in [-0.4, -0.2) is 25.5 Å². The molecule has 0 spiro atoms. The van der Waals surface area contributed by atoms with Gasteiger partial charge in [0, 0.05) is 15.9 Å². The largest absolute Gasteiger partial charge is 0.323 e. The highest BCUT2D eigenvalue weighted by Crippen LogP contribution is 2.19. The Bertz CT molecular complexity index is 908. The van der Waals surface area contributed by atoms with Crippen molar-refractivity contribution in [3.8, 4) is 0 Å². The number of benzene rings is 1. The molecule has 2 aromatic heterocycles. The fraction of sp³-hybridized carbons (Fsp3) is 0.200. The first-order chi connectivity index (χ1) is 10.9. The number of aryl methyl sites for hydroxylation is 2. The average Bonchev–Trinajstić information content (AvgIpc) is 2.84. The van der Waals surface area contributed by atoms with Gasteiger partial charge < -0.3 is 5.32 Å². The first-order valence-corrected chi connectivity index (χ1v) is 7.66. The van der Waals surface area contributed by atoms with Crippen LogP contribution in [0.15, 0.2) is 28.7 Å². The second kappa shape index (κ2) is 6.04. The Morgan fingerprint density at radius 1 is 1.30 bits per heavy atom. The molecule has 2 heterocycles. The number of hydrogen-bond donors (Lipinski definition) is 1. The van der Waals surface area contributed by atoms with Crippen LogP contribution in [-0.2, 0) is 11.2 Å². The third kappa shape index (κ3) is 3.37. The zero-order valence-corrected chi connectivity index (χ0v) is 14.1. The number of fused-ring (bicyclic) bond motifs is 1. The molecule has 0 aliphatic heterocycles.